The third kappa shape index (κ3) is 4.15. The zero-order valence-electron chi connectivity index (χ0n) is 11.5. The molecule has 0 aliphatic heterocycles. The molecule has 108 valence electrons. The summed E-state index contributed by atoms with van der Waals surface area (Å²) in [5, 5.41) is 9.66. The summed E-state index contributed by atoms with van der Waals surface area (Å²) in [5.41, 5.74) is 8.34. The number of halogens is 1. The lowest BCUT2D eigenvalue weighted by Gasteiger charge is -2.13. The summed E-state index contributed by atoms with van der Waals surface area (Å²) in [7, 11) is 0. The van der Waals surface area contributed by atoms with Gasteiger partial charge in [-0.1, -0.05) is 36.4 Å². The molecule has 20 heavy (non-hydrogen) atoms. The number of nitrogens with two attached hydrogens (primary N) is 1. The molecule has 2 aromatic rings. The number of phenols is 1. The van der Waals surface area contributed by atoms with Gasteiger partial charge in [0.15, 0.2) is 11.5 Å². The van der Waals surface area contributed by atoms with E-state index >= 15 is 0 Å². The van der Waals surface area contributed by atoms with Gasteiger partial charge in [-0.3, -0.25) is 0 Å². The molecule has 0 saturated heterocycles. The molecular formula is C16H20ClNO2. The van der Waals surface area contributed by atoms with Gasteiger partial charge in [0.05, 0.1) is 6.61 Å². The van der Waals surface area contributed by atoms with E-state index in [1.54, 1.807) is 6.07 Å². The Kier molecular flexibility index (Phi) is 6.36. The third-order valence-electron chi connectivity index (χ3n) is 3.01. The van der Waals surface area contributed by atoms with Crippen molar-refractivity contribution in [1.29, 1.82) is 0 Å². The smallest absolute Gasteiger partial charge is 0.161 e. The molecule has 1 unspecified atom stereocenters. The van der Waals surface area contributed by atoms with Crippen LogP contribution in [0, 0.1) is 0 Å². The average molecular weight is 294 g/mol. The first kappa shape index (κ1) is 16.3. The number of ether oxygens (including phenoxy) is 1. The first-order chi connectivity index (χ1) is 9.20. The predicted molar refractivity (Wildman–Crippen MR) is 83.6 cm³/mol. The largest absolute Gasteiger partial charge is 0.504 e. The summed E-state index contributed by atoms with van der Waals surface area (Å²) < 4.78 is 5.37. The molecule has 0 amide bonds. The van der Waals surface area contributed by atoms with Crippen molar-refractivity contribution in [3.05, 3.63) is 59.7 Å². The van der Waals surface area contributed by atoms with E-state index in [0.29, 0.717) is 18.8 Å². The van der Waals surface area contributed by atoms with Crippen LogP contribution in [0.4, 0.5) is 0 Å². The number of aromatic hydroxyl groups is 1. The zero-order valence-corrected chi connectivity index (χ0v) is 12.3. The number of rotatable bonds is 5. The quantitative estimate of drug-likeness (QED) is 0.888. The summed E-state index contributed by atoms with van der Waals surface area (Å²) in [5.74, 6) is 0.680. The molecule has 0 spiro atoms. The number of phenolic OH excluding ortho intramolecular Hbond substituents is 1. The Morgan fingerprint density at radius 2 is 1.85 bits per heavy atom. The molecule has 3 nitrogen and oxygen atoms in total. The van der Waals surface area contributed by atoms with Crippen molar-refractivity contribution in [2.24, 2.45) is 5.73 Å². The van der Waals surface area contributed by atoms with E-state index in [1.165, 1.54) is 0 Å². The van der Waals surface area contributed by atoms with Crippen LogP contribution < -0.4 is 10.5 Å². The molecule has 0 bridgehead atoms. The number of hydrogen-bond donors (Lipinski definition) is 2. The standard InChI is InChI=1S/C16H19NO2.ClH/c1-2-19-16-11-12(8-9-15(16)18)10-14(17)13-6-4-3-5-7-13;/h3-9,11,14,18H,2,10,17H2,1H3;1H. The van der Waals surface area contributed by atoms with E-state index in [2.05, 4.69) is 0 Å². The molecule has 2 aromatic carbocycles. The van der Waals surface area contributed by atoms with Gasteiger partial charge >= 0.3 is 0 Å². The fourth-order valence-corrected chi connectivity index (χ4v) is 2.03. The molecule has 0 radical (unpaired) electrons. The lowest BCUT2D eigenvalue weighted by Crippen LogP contribution is -2.13. The first-order valence-corrected chi connectivity index (χ1v) is 6.46. The van der Waals surface area contributed by atoms with Gasteiger partial charge in [-0.2, -0.15) is 0 Å². The van der Waals surface area contributed by atoms with E-state index in [9.17, 15) is 5.11 Å². The van der Waals surface area contributed by atoms with Gasteiger partial charge in [0.1, 0.15) is 0 Å². The first-order valence-electron chi connectivity index (χ1n) is 6.46. The second-order valence-corrected chi connectivity index (χ2v) is 4.46. The van der Waals surface area contributed by atoms with Crippen molar-refractivity contribution in [1.82, 2.24) is 0 Å². The van der Waals surface area contributed by atoms with Gasteiger partial charge in [-0.25, -0.2) is 0 Å². The van der Waals surface area contributed by atoms with Gasteiger partial charge in [-0.05, 0) is 36.6 Å². The second-order valence-electron chi connectivity index (χ2n) is 4.46. The molecule has 0 saturated carbocycles. The van der Waals surface area contributed by atoms with Gasteiger partial charge < -0.3 is 15.6 Å². The summed E-state index contributed by atoms with van der Waals surface area (Å²) in [6.07, 6.45) is 0.713. The molecular weight excluding hydrogens is 274 g/mol. The molecule has 4 heteroatoms. The van der Waals surface area contributed by atoms with Crippen LogP contribution in [0.1, 0.15) is 24.1 Å². The molecule has 3 N–H and O–H groups in total. The molecule has 0 aliphatic rings. The Hall–Kier alpha value is -1.71. The summed E-state index contributed by atoms with van der Waals surface area (Å²) in [4.78, 5) is 0. The van der Waals surface area contributed by atoms with Crippen LogP contribution in [-0.4, -0.2) is 11.7 Å². The number of benzene rings is 2. The molecule has 1 atom stereocenters. The van der Waals surface area contributed by atoms with E-state index in [4.69, 9.17) is 10.5 Å². The SMILES string of the molecule is CCOc1cc(CC(N)c2ccccc2)ccc1O.Cl. The summed E-state index contributed by atoms with van der Waals surface area (Å²) >= 11 is 0. The summed E-state index contributed by atoms with van der Waals surface area (Å²) in [6, 6.07) is 15.3. The lowest BCUT2D eigenvalue weighted by atomic mass is 9.99. The van der Waals surface area contributed by atoms with Crippen LogP contribution in [0.25, 0.3) is 0 Å². The second kappa shape index (κ2) is 7.78. The minimum absolute atomic E-state index is 0. The minimum atomic E-state index is -0.0554. The van der Waals surface area contributed by atoms with Gasteiger partial charge in [0, 0.05) is 6.04 Å². The van der Waals surface area contributed by atoms with Gasteiger partial charge in [0.25, 0.3) is 0 Å². The zero-order chi connectivity index (χ0) is 13.7. The fourth-order valence-electron chi connectivity index (χ4n) is 2.03. The lowest BCUT2D eigenvalue weighted by molar-refractivity contribution is 0.317. The maximum Gasteiger partial charge on any atom is 0.161 e. The number of hydrogen-bond acceptors (Lipinski definition) is 3. The maximum absolute atomic E-state index is 9.66. The van der Waals surface area contributed by atoms with Crippen LogP contribution in [-0.2, 0) is 6.42 Å². The van der Waals surface area contributed by atoms with Crippen molar-refractivity contribution in [3.8, 4) is 11.5 Å². The predicted octanol–water partition coefficient (Wildman–Crippen LogP) is 3.46. The Labute approximate surface area is 125 Å². The molecule has 0 fully saturated rings. The Balaban J connectivity index is 0.00000200. The highest BCUT2D eigenvalue weighted by atomic mass is 35.5. The van der Waals surface area contributed by atoms with Gasteiger partial charge in [0.2, 0.25) is 0 Å². The molecule has 0 aliphatic carbocycles. The highest BCUT2D eigenvalue weighted by Crippen LogP contribution is 2.28. The Morgan fingerprint density at radius 3 is 2.50 bits per heavy atom. The minimum Gasteiger partial charge on any atom is -0.504 e. The van der Waals surface area contributed by atoms with Crippen LogP contribution in [0.15, 0.2) is 48.5 Å². The average Bonchev–Trinajstić information content (AvgIpc) is 2.44. The van der Waals surface area contributed by atoms with Crippen molar-refractivity contribution < 1.29 is 9.84 Å². The van der Waals surface area contributed by atoms with Gasteiger partial charge in [-0.15, -0.1) is 12.4 Å². The molecule has 0 heterocycles. The molecule has 2 rings (SSSR count). The third-order valence-corrected chi connectivity index (χ3v) is 3.01. The topological polar surface area (TPSA) is 55.5 Å². The van der Waals surface area contributed by atoms with Crippen molar-refractivity contribution in [2.75, 3.05) is 6.61 Å². The Bertz CT molecular complexity index is 531. The Morgan fingerprint density at radius 1 is 1.15 bits per heavy atom. The van der Waals surface area contributed by atoms with E-state index in [0.717, 1.165) is 11.1 Å². The maximum atomic E-state index is 9.66. The van der Waals surface area contributed by atoms with E-state index in [-0.39, 0.29) is 24.2 Å². The van der Waals surface area contributed by atoms with Crippen LogP contribution in [0.3, 0.4) is 0 Å². The monoisotopic (exact) mass is 293 g/mol. The van der Waals surface area contributed by atoms with Crippen molar-refractivity contribution in [2.45, 2.75) is 19.4 Å². The van der Waals surface area contributed by atoms with Crippen LogP contribution in [0.5, 0.6) is 11.5 Å². The fraction of sp³-hybridized carbons (Fsp3) is 0.250. The summed E-state index contributed by atoms with van der Waals surface area (Å²) in [6.45, 7) is 2.42. The normalized spacial score (nSPS) is 11.5. The van der Waals surface area contributed by atoms with E-state index < -0.39 is 0 Å². The van der Waals surface area contributed by atoms with E-state index in [1.807, 2.05) is 49.4 Å². The van der Waals surface area contributed by atoms with Crippen LogP contribution >= 0.6 is 12.4 Å². The molecule has 0 aromatic heterocycles. The van der Waals surface area contributed by atoms with Crippen molar-refractivity contribution >= 4 is 12.4 Å². The highest BCUT2D eigenvalue weighted by Gasteiger charge is 2.09. The highest BCUT2D eigenvalue weighted by molar-refractivity contribution is 5.85. The van der Waals surface area contributed by atoms with Crippen molar-refractivity contribution in [3.63, 3.8) is 0 Å². The van der Waals surface area contributed by atoms with Crippen LogP contribution in [0.2, 0.25) is 0 Å².